The highest BCUT2D eigenvalue weighted by Crippen LogP contribution is 2.32. The summed E-state index contributed by atoms with van der Waals surface area (Å²) in [6.45, 7) is 4.22. The van der Waals surface area contributed by atoms with Crippen molar-refractivity contribution in [2.75, 3.05) is 39.3 Å². The highest BCUT2D eigenvalue weighted by molar-refractivity contribution is 5.94. The number of nitrogens with zero attached hydrogens (tertiary/aromatic N) is 3. The molecule has 0 radical (unpaired) electrons. The molecule has 1 atom stereocenters. The summed E-state index contributed by atoms with van der Waals surface area (Å²) in [5.41, 5.74) is 0.136. The molecule has 1 aromatic carbocycles. The second kappa shape index (κ2) is 8.60. The first kappa shape index (κ1) is 19.4. The number of piperazine rings is 1. The SMILES string of the molecule is O=C(c1ccccc1F)N1CCN(C(C(=O)N2CCCC2)C2CCCC2)CC1. The zero-order valence-electron chi connectivity index (χ0n) is 16.5. The summed E-state index contributed by atoms with van der Waals surface area (Å²) in [5.74, 6) is 0.00390. The smallest absolute Gasteiger partial charge is 0.256 e. The molecule has 1 saturated carbocycles. The van der Waals surface area contributed by atoms with E-state index >= 15 is 0 Å². The van der Waals surface area contributed by atoms with Gasteiger partial charge in [0.1, 0.15) is 5.82 Å². The van der Waals surface area contributed by atoms with E-state index in [1.165, 1.54) is 18.9 Å². The Kier molecular flexibility index (Phi) is 5.95. The number of carbonyl (C=O) groups excluding carboxylic acids is 2. The molecule has 3 fully saturated rings. The summed E-state index contributed by atoms with van der Waals surface area (Å²) in [4.78, 5) is 32.0. The number of halogens is 1. The van der Waals surface area contributed by atoms with Crippen molar-refractivity contribution in [2.24, 2.45) is 5.92 Å². The Morgan fingerprint density at radius 3 is 2.14 bits per heavy atom. The van der Waals surface area contributed by atoms with Gasteiger partial charge in [0.15, 0.2) is 0 Å². The minimum absolute atomic E-state index is 0.0497. The van der Waals surface area contributed by atoms with Gasteiger partial charge in [-0.15, -0.1) is 0 Å². The first-order valence-corrected chi connectivity index (χ1v) is 10.7. The Labute approximate surface area is 166 Å². The van der Waals surface area contributed by atoms with Crippen LogP contribution in [0.3, 0.4) is 0 Å². The summed E-state index contributed by atoms with van der Waals surface area (Å²) in [6, 6.07) is 6.11. The summed E-state index contributed by atoms with van der Waals surface area (Å²) in [7, 11) is 0. The Morgan fingerprint density at radius 1 is 0.857 bits per heavy atom. The molecule has 1 unspecified atom stereocenters. The van der Waals surface area contributed by atoms with E-state index in [1.54, 1.807) is 23.1 Å². The summed E-state index contributed by atoms with van der Waals surface area (Å²) < 4.78 is 14.0. The van der Waals surface area contributed by atoms with E-state index in [9.17, 15) is 14.0 Å². The van der Waals surface area contributed by atoms with Crippen LogP contribution in [0.1, 0.15) is 48.9 Å². The normalized spacial score (nSPS) is 22.6. The van der Waals surface area contributed by atoms with Gasteiger partial charge in [0, 0.05) is 39.3 Å². The fourth-order valence-corrected chi connectivity index (χ4v) is 5.06. The fraction of sp³-hybridized carbons (Fsp3) is 0.636. The lowest BCUT2D eigenvalue weighted by atomic mass is 9.94. The van der Waals surface area contributed by atoms with Crippen molar-refractivity contribution in [1.82, 2.24) is 14.7 Å². The van der Waals surface area contributed by atoms with Crippen molar-refractivity contribution in [2.45, 2.75) is 44.6 Å². The zero-order chi connectivity index (χ0) is 19.5. The number of rotatable bonds is 4. The van der Waals surface area contributed by atoms with E-state index in [0.29, 0.717) is 38.0 Å². The van der Waals surface area contributed by atoms with E-state index in [0.717, 1.165) is 38.8 Å². The maximum atomic E-state index is 14.0. The third-order valence-electron chi connectivity index (χ3n) is 6.62. The van der Waals surface area contributed by atoms with Crippen LogP contribution < -0.4 is 0 Å². The molecule has 5 nitrogen and oxygen atoms in total. The highest BCUT2D eigenvalue weighted by Gasteiger charge is 2.39. The summed E-state index contributed by atoms with van der Waals surface area (Å²) in [6.07, 6.45) is 6.87. The van der Waals surface area contributed by atoms with Crippen molar-refractivity contribution in [3.05, 3.63) is 35.6 Å². The van der Waals surface area contributed by atoms with Crippen LogP contribution in [0, 0.1) is 11.7 Å². The van der Waals surface area contributed by atoms with E-state index < -0.39 is 5.82 Å². The van der Waals surface area contributed by atoms with Gasteiger partial charge in [-0.05, 0) is 43.7 Å². The molecular weight excluding hydrogens is 357 g/mol. The van der Waals surface area contributed by atoms with Gasteiger partial charge < -0.3 is 9.80 Å². The van der Waals surface area contributed by atoms with E-state index in [4.69, 9.17) is 0 Å². The molecule has 2 amide bonds. The standard InChI is InChI=1S/C22H30FN3O2/c23-19-10-4-3-9-18(19)21(27)26-15-13-24(14-16-26)20(17-7-1-2-8-17)22(28)25-11-5-6-12-25/h3-4,9-10,17,20H,1-2,5-8,11-16H2. The number of likely N-dealkylation sites (tertiary alicyclic amines) is 1. The van der Waals surface area contributed by atoms with Crippen LogP contribution in [0.5, 0.6) is 0 Å². The minimum atomic E-state index is -0.469. The molecule has 152 valence electrons. The van der Waals surface area contributed by atoms with Gasteiger partial charge in [-0.25, -0.2) is 4.39 Å². The lowest BCUT2D eigenvalue weighted by molar-refractivity contribution is -0.138. The number of benzene rings is 1. The van der Waals surface area contributed by atoms with Crippen LogP contribution >= 0.6 is 0 Å². The van der Waals surface area contributed by atoms with Gasteiger partial charge in [0.05, 0.1) is 11.6 Å². The van der Waals surface area contributed by atoms with Crippen molar-refractivity contribution in [3.63, 3.8) is 0 Å². The van der Waals surface area contributed by atoms with Crippen molar-refractivity contribution in [1.29, 1.82) is 0 Å². The first-order chi connectivity index (χ1) is 13.6. The molecule has 3 aliphatic rings. The van der Waals surface area contributed by atoms with Gasteiger partial charge in [-0.1, -0.05) is 25.0 Å². The fourth-order valence-electron chi connectivity index (χ4n) is 5.06. The van der Waals surface area contributed by atoms with Gasteiger partial charge in [-0.3, -0.25) is 14.5 Å². The molecule has 0 N–H and O–H groups in total. The van der Waals surface area contributed by atoms with Crippen LogP contribution in [-0.4, -0.2) is 71.8 Å². The Balaban J connectivity index is 1.43. The average molecular weight is 387 g/mol. The Hall–Kier alpha value is -1.95. The number of hydrogen-bond acceptors (Lipinski definition) is 3. The van der Waals surface area contributed by atoms with Crippen molar-refractivity contribution in [3.8, 4) is 0 Å². The van der Waals surface area contributed by atoms with E-state index in [-0.39, 0.29) is 17.5 Å². The average Bonchev–Trinajstić information content (AvgIpc) is 3.43. The monoisotopic (exact) mass is 387 g/mol. The van der Waals surface area contributed by atoms with Crippen molar-refractivity contribution >= 4 is 11.8 Å². The van der Waals surface area contributed by atoms with Crippen LogP contribution in [0.2, 0.25) is 0 Å². The third kappa shape index (κ3) is 3.93. The second-order valence-corrected chi connectivity index (χ2v) is 8.33. The maximum Gasteiger partial charge on any atom is 0.256 e. The van der Waals surface area contributed by atoms with E-state index in [2.05, 4.69) is 4.90 Å². The second-order valence-electron chi connectivity index (χ2n) is 8.33. The molecule has 0 bridgehead atoms. The zero-order valence-corrected chi connectivity index (χ0v) is 16.5. The van der Waals surface area contributed by atoms with E-state index in [1.807, 2.05) is 4.90 Å². The third-order valence-corrected chi connectivity index (χ3v) is 6.62. The first-order valence-electron chi connectivity index (χ1n) is 10.7. The van der Waals surface area contributed by atoms with Crippen LogP contribution in [0.4, 0.5) is 4.39 Å². The quantitative estimate of drug-likeness (QED) is 0.798. The molecule has 28 heavy (non-hydrogen) atoms. The predicted octanol–water partition coefficient (Wildman–Crippen LogP) is 2.76. The molecule has 2 saturated heterocycles. The Morgan fingerprint density at radius 2 is 1.50 bits per heavy atom. The highest BCUT2D eigenvalue weighted by atomic mass is 19.1. The molecule has 0 aromatic heterocycles. The van der Waals surface area contributed by atoms with Crippen LogP contribution in [0.25, 0.3) is 0 Å². The molecule has 4 rings (SSSR count). The van der Waals surface area contributed by atoms with Gasteiger partial charge in [0.25, 0.3) is 5.91 Å². The van der Waals surface area contributed by atoms with Crippen molar-refractivity contribution < 1.29 is 14.0 Å². The molecule has 2 aliphatic heterocycles. The van der Waals surface area contributed by atoms with Crippen LogP contribution in [-0.2, 0) is 4.79 Å². The molecule has 0 spiro atoms. The lowest BCUT2D eigenvalue weighted by Gasteiger charge is -2.42. The Bertz CT molecular complexity index is 705. The van der Waals surface area contributed by atoms with Gasteiger partial charge >= 0.3 is 0 Å². The number of hydrogen-bond donors (Lipinski definition) is 0. The molecule has 6 heteroatoms. The number of carbonyl (C=O) groups is 2. The van der Waals surface area contributed by atoms with Gasteiger partial charge in [-0.2, -0.15) is 0 Å². The number of amides is 2. The summed E-state index contributed by atoms with van der Waals surface area (Å²) >= 11 is 0. The lowest BCUT2D eigenvalue weighted by Crippen LogP contribution is -2.58. The molecule has 1 aromatic rings. The predicted molar refractivity (Wildman–Crippen MR) is 105 cm³/mol. The maximum absolute atomic E-state index is 14.0. The topological polar surface area (TPSA) is 43.9 Å². The van der Waals surface area contributed by atoms with Gasteiger partial charge in [0.2, 0.25) is 5.91 Å². The minimum Gasteiger partial charge on any atom is -0.341 e. The largest absolute Gasteiger partial charge is 0.341 e. The molecular formula is C22H30FN3O2. The van der Waals surface area contributed by atoms with Crippen LogP contribution in [0.15, 0.2) is 24.3 Å². The summed E-state index contributed by atoms with van der Waals surface area (Å²) in [5, 5.41) is 0. The molecule has 2 heterocycles. The molecule has 1 aliphatic carbocycles.